The van der Waals surface area contributed by atoms with Gasteiger partial charge in [0.15, 0.2) is 0 Å². The summed E-state index contributed by atoms with van der Waals surface area (Å²) in [6.45, 7) is 9.11. The van der Waals surface area contributed by atoms with Gasteiger partial charge >= 0.3 is 0 Å². The smallest absolute Gasteiger partial charge is 0.00104 e. The summed E-state index contributed by atoms with van der Waals surface area (Å²) in [5, 5.41) is 0. The van der Waals surface area contributed by atoms with E-state index in [0.717, 1.165) is 5.92 Å². The molecule has 0 aliphatic carbocycles. The van der Waals surface area contributed by atoms with Gasteiger partial charge in [0.2, 0.25) is 0 Å². The van der Waals surface area contributed by atoms with Gasteiger partial charge in [0.05, 0.1) is 0 Å². The lowest BCUT2D eigenvalue weighted by atomic mass is 10.0. The first-order chi connectivity index (χ1) is 6.56. The summed E-state index contributed by atoms with van der Waals surface area (Å²) in [5.41, 5.74) is 5.72. The molecule has 0 heterocycles. The summed E-state index contributed by atoms with van der Waals surface area (Å²) in [7, 11) is 2.21. The van der Waals surface area contributed by atoms with Crippen molar-refractivity contribution >= 4 is 0 Å². The van der Waals surface area contributed by atoms with Gasteiger partial charge in [0.1, 0.15) is 0 Å². The monoisotopic (exact) mass is 200 g/mol. The molecule has 2 atom stereocenters. The van der Waals surface area contributed by atoms with Crippen LogP contribution in [0.2, 0.25) is 0 Å². The Kier molecular flexibility index (Phi) is 8.20. The van der Waals surface area contributed by atoms with Crippen molar-refractivity contribution in [3.05, 3.63) is 0 Å². The van der Waals surface area contributed by atoms with E-state index in [1.54, 1.807) is 0 Å². The van der Waals surface area contributed by atoms with Crippen molar-refractivity contribution in [3.8, 4) is 0 Å². The molecular weight excluding hydrogens is 172 g/mol. The van der Waals surface area contributed by atoms with Gasteiger partial charge in [-0.25, -0.2) is 0 Å². The SMILES string of the molecule is CCCN(C)CC(C)CCCC(C)N. The van der Waals surface area contributed by atoms with E-state index in [2.05, 4.69) is 32.7 Å². The first kappa shape index (κ1) is 13.9. The molecule has 2 unspecified atom stereocenters. The number of nitrogens with two attached hydrogens (primary N) is 1. The normalized spacial score (nSPS) is 15.9. The zero-order valence-corrected chi connectivity index (χ0v) is 10.4. The van der Waals surface area contributed by atoms with Crippen molar-refractivity contribution < 1.29 is 0 Å². The average Bonchev–Trinajstić information content (AvgIpc) is 2.03. The Morgan fingerprint density at radius 3 is 2.36 bits per heavy atom. The average molecular weight is 200 g/mol. The van der Waals surface area contributed by atoms with Crippen molar-refractivity contribution in [2.45, 2.75) is 52.5 Å². The predicted molar refractivity (Wildman–Crippen MR) is 64.5 cm³/mol. The molecule has 0 aromatic heterocycles. The summed E-state index contributed by atoms with van der Waals surface area (Å²) in [6, 6.07) is 0.371. The molecule has 0 amide bonds. The highest BCUT2D eigenvalue weighted by atomic mass is 15.1. The Morgan fingerprint density at radius 2 is 1.86 bits per heavy atom. The van der Waals surface area contributed by atoms with Crippen LogP contribution in [0.4, 0.5) is 0 Å². The molecular formula is C12H28N2. The molecule has 2 N–H and O–H groups in total. The second-order valence-electron chi connectivity index (χ2n) is 4.78. The minimum atomic E-state index is 0.371. The fourth-order valence-electron chi connectivity index (χ4n) is 1.88. The Balaban J connectivity index is 3.39. The van der Waals surface area contributed by atoms with Crippen LogP contribution in [-0.2, 0) is 0 Å². The standard InChI is InChI=1S/C12H28N2/c1-5-9-14(4)10-11(2)7-6-8-12(3)13/h11-12H,5-10,13H2,1-4H3. The van der Waals surface area contributed by atoms with E-state index >= 15 is 0 Å². The van der Waals surface area contributed by atoms with Crippen LogP contribution in [0.1, 0.15) is 46.5 Å². The van der Waals surface area contributed by atoms with E-state index in [9.17, 15) is 0 Å². The maximum Gasteiger partial charge on any atom is 0.00104 e. The van der Waals surface area contributed by atoms with Crippen LogP contribution in [-0.4, -0.2) is 31.1 Å². The van der Waals surface area contributed by atoms with Crippen LogP contribution in [0.5, 0.6) is 0 Å². The molecule has 0 radical (unpaired) electrons. The van der Waals surface area contributed by atoms with Gasteiger partial charge in [-0.3, -0.25) is 0 Å². The minimum absolute atomic E-state index is 0.371. The van der Waals surface area contributed by atoms with Gasteiger partial charge < -0.3 is 10.6 Å². The summed E-state index contributed by atoms with van der Waals surface area (Å²) >= 11 is 0. The number of nitrogens with zero attached hydrogens (tertiary/aromatic N) is 1. The van der Waals surface area contributed by atoms with Gasteiger partial charge in [-0.2, -0.15) is 0 Å². The minimum Gasteiger partial charge on any atom is -0.328 e. The van der Waals surface area contributed by atoms with Crippen molar-refractivity contribution in [2.75, 3.05) is 20.1 Å². The summed E-state index contributed by atoms with van der Waals surface area (Å²) in [5.74, 6) is 0.810. The lowest BCUT2D eigenvalue weighted by Crippen LogP contribution is -2.25. The van der Waals surface area contributed by atoms with Crippen LogP contribution in [0.3, 0.4) is 0 Å². The molecule has 0 aliphatic heterocycles. The van der Waals surface area contributed by atoms with Crippen molar-refractivity contribution in [3.63, 3.8) is 0 Å². The molecule has 0 saturated carbocycles. The first-order valence-corrected chi connectivity index (χ1v) is 6.00. The van der Waals surface area contributed by atoms with Crippen molar-refractivity contribution in [1.82, 2.24) is 4.90 Å². The number of rotatable bonds is 8. The largest absolute Gasteiger partial charge is 0.328 e. The molecule has 0 fully saturated rings. The lowest BCUT2D eigenvalue weighted by Gasteiger charge is -2.20. The van der Waals surface area contributed by atoms with E-state index in [0.29, 0.717) is 6.04 Å². The van der Waals surface area contributed by atoms with Crippen molar-refractivity contribution in [1.29, 1.82) is 0 Å². The van der Waals surface area contributed by atoms with E-state index in [-0.39, 0.29) is 0 Å². The Morgan fingerprint density at radius 1 is 1.21 bits per heavy atom. The fourth-order valence-corrected chi connectivity index (χ4v) is 1.88. The molecule has 0 aliphatic rings. The molecule has 86 valence electrons. The van der Waals surface area contributed by atoms with Crippen LogP contribution in [0, 0.1) is 5.92 Å². The second-order valence-corrected chi connectivity index (χ2v) is 4.78. The lowest BCUT2D eigenvalue weighted by molar-refractivity contribution is 0.274. The van der Waals surface area contributed by atoms with Gasteiger partial charge in [0, 0.05) is 12.6 Å². The molecule has 0 aromatic rings. The Bertz CT molecular complexity index is 123. The van der Waals surface area contributed by atoms with E-state index < -0.39 is 0 Å². The highest BCUT2D eigenvalue weighted by Crippen LogP contribution is 2.10. The highest BCUT2D eigenvalue weighted by molar-refractivity contribution is 4.61. The molecule has 2 nitrogen and oxygen atoms in total. The van der Waals surface area contributed by atoms with E-state index in [4.69, 9.17) is 5.73 Å². The second kappa shape index (κ2) is 8.25. The van der Waals surface area contributed by atoms with Crippen LogP contribution >= 0.6 is 0 Å². The summed E-state index contributed by atoms with van der Waals surface area (Å²) in [4.78, 5) is 2.43. The van der Waals surface area contributed by atoms with Gasteiger partial charge in [-0.15, -0.1) is 0 Å². The molecule has 0 spiro atoms. The first-order valence-electron chi connectivity index (χ1n) is 6.00. The molecule has 2 heteroatoms. The molecule has 0 aromatic carbocycles. The van der Waals surface area contributed by atoms with Gasteiger partial charge in [-0.05, 0) is 45.7 Å². The third-order valence-corrected chi connectivity index (χ3v) is 2.59. The quantitative estimate of drug-likeness (QED) is 0.652. The van der Waals surface area contributed by atoms with Gasteiger partial charge in [0.25, 0.3) is 0 Å². The van der Waals surface area contributed by atoms with E-state index in [1.165, 1.54) is 38.8 Å². The Labute approximate surface area is 89.9 Å². The van der Waals surface area contributed by atoms with Crippen LogP contribution in [0.15, 0.2) is 0 Å². The summed E-state index contributed by atoms with van der Waals surface area (Å²) in [6.07, 6.45) is 5.01. The van der Waals surface area contributed by atoms with Gasteiger partial charge in [-0.1, -0.05) is 20.3 Å². The third kappa shape index (κ3) is 8.52. The zero-order chi connectivity index (χ0) is 11.0. The molecule has 0 bridgehead atoms. The highest BCUT2D eigenvalue weighted by Gasteiger charge is 2.05. The molecule has 0 rings (SSSR count). The molecule has 14 heavy (non-hydrogen) atoms. The topological polar surface area (TPSA) is 29.3 Å². The predicted octanol–water partition coefficient (Wildman–Crippen LogP) is 2.48. The van der Waals surface area contributed by atoms with E-state index in [1.807, 2.05) is 0 Å². The Hall–Kier alpha value is -0.0800. The maximum atomic E-state index is 5.72. The van der Waals surface area contributed by atoms with Crippen molar-refractivity contribution in [2.24, 2.45) is 11.7 Å². The van der Waals surface area contributed by atoms with Crippen LogP contribution < -0.4 is 5.73 Å². The number of hydrogen-bond acceptors (Lipinski definition) is 2. The number of hydrogen-bond donors (Lipinski definition) is 1. The summed E-state index contributed by atoms with van der Waals surface area (Å²) < 4.78 is 0. The third-order valence-electron chi connectivity index (χ3n) is 2.59. The molecule has 0 saturated heterocycles. The maximum absolute atomic E-state index is 5.72. The zero-order valence-electron chi connectivity index (χ0n) is 10.4. The van der Waals surface area contributed by atoms with Crippen LogP contribution in [0.25, 0.3) is 0 Å². The fraction of sp³-hybridized carbons (Fsp3) is 1.00.